The maximum Gasteiger partial charge on any atom is 0.304 e. The molecule has 1 spiro atoms. The van der Waals surface area contributed by atoms with E-state index in [0.29, 0.717) is 0 Å². The molecule has 2 rings (SSSR count). The van der Waals surface area contributed by atoms with Crippen LogP contribution in [-0.2, 0) is 19.4 Å². The predicted molar refractivity (Wildman–Crippen MR) is 66.2 cm³/mol. The van der Waals surface area contributed by atoms with Gasteiger partial charge in [0.2, 0.25) is 0 Å². The topological polar surface area (TPSA) is 80.7 Å². The number of carbonyl (C=O) groups is 1. The zero-order chi connectivity index (χ0) is 13.2. The molecule has 2 fully saturated rings. The third-order valence-electron chi connectivity index (χ3n) is 3.92. The molecule has 2 aliphatic rings. The van der Waals surface area contributed by atoms with Gasteiger partial charge >= 0.3 is 5.97 Å². The first-order valence-corrected chi connectivity index (χ1v) is 8.33. The molecule has 1 aliphatic heterocycles. The summed E-state index contributed by atoms with van der Waals surface area (Å²) in [6.07, 6.45) is 5.59. The number of ether oxygens (including phenoxy) is 1. The van der Waals surface area contributed by atoms with Gasteiger partial charge in [0.05, 0.1) is 29.6 Å². The van der Waals surface area contributed by atoms with Crippen molar-refractivity contribution in [3.05, 3.63) is 0 Å². The predicted octanol–water partition coefficient (Wildman–Crippen LogP) is 1.37. The molecule has 18 heavy (non-hydrogen) atoms. The minimum Gasteiger partial charge on any atom is -0.481 e. The Labute approximate surface area is 107 Å². The summed E-state index contributed by atoms with van der Waals surface area (Å²) in [5.41, 5.74) is -0.0625. The quantitative estimate of drug-likeness (QED) is 0.820. The number of aliphatic carboxylic acids is 1. The molecule has 0 aromatic heterocycles. The number of carboxylic acid groups (broad SMARTS) is 1. The molecule has 1 N–H and O–H groups in total. The lowest BCUT2D eigenvalue weighted by Gasteiger charge is -2.23. The first kappa shape index (κ1) is 13.8. The highest BCUT2D eigenvalue weighted by atomic mass is 32.2. The summed E-state index contributed by atoms with van der Waals surface area (Å²) >= 11 is 0. The van der Waals surface area contributed by atoms with E-state index in [2.05, 4.69) is 0 Å². The highest BCUT2D eigenvalue weighted by Crippen LogP contribution is 2.43. The minimum atomic E-state index is -3.31. The minimum absolute atomic E-state index is 0.0258. The monoisotopic (exact) mass is 276 g/mol. The van der Waals surface area contributed by atoms with Crippen molar-refractivity contribution in [3.63, 3.8) is 0 Å². The molecule has 6 heteroatoms. The van der Waals surface area contributed by atoms with Gasteiger partial charge in [0.15, 0.2) is 9.84 Å². The maximum absolute atomic E-state index is 11.8. The highest BCUT2D eigenvalue weighted by Gasteiger charge is 2.43. The summed E-state index contributed by atoms with van der Waals surface area (Å²) < 4.78 is 29.4. The van der Waals surface area contributed by atoms with E-state index in [9.17, 15) is 13.2 Å². The lowest BCUT2D eigenvalue weighted by Crippen LogP contribution is -2.29. The van der Waals surface area contributed by atoms with Crippen molar-refractivity contribution < 1.29 is 23.1 Å². The summed E-state index contributed by atoms with van der Waals surface area (Å²) in [5, 5.41) is 8.51. The molecule has 1 saturated carbocycles. The van der Waals surface area contributed by atoms with Crippen molar-refractivity contribution in [2.24, 2.45) is 0 Å². The average Bonchev–Trinajstić information content (AvgIpc) is 2.87. The van der Waals surface area contributed by atoms with Gasteiger partial charge in [-0.3, -0.25) is 4.79 Å². The molecule has 1 saturated heterocycles. The van der Waals surface area contributed by atoms with E-state index < -0.39 is 15.8 Å². The second kappa shape index (κ2) is 5.17. The van der Waals surface area contributed by atoms with Crippen LogP contribution >= 0.6 is 0 Å². The fraction of sp³-hybridized carbons (Fsp3) is 0.917. The second-order valence-corrected chi connectivity index (χ2v) is 7.66. The van der Waals surface area contributed by atoms with Gasteiger partial charge in [-0.05, 0) is 25.7 Å². The second-order valence-electron chi connectivity index (χ2n) is 5.43. The first-order valence-electron chi connectivity index (χ1n) is 6.51. The van der Waals surface area contributed by atoms with E-state index >= 15 is 0 Å². The fourth-order valence-electron chi connectivity index (χ4n) is 3.01. The smallest absolute Gasteiger partial charge is 0.304 e. The normalized spacial score (nSPS) is 26.8. The van der Waals surface area contributed by atoms with Gasteiger partial charge in [0, 0.05) is 0 Å². The Morgan fingerprint density at radius 3 is 2.56 bits per heavy atom. The molecule has 1 atom stereocenters. The van der Waals surface area contributed by atoms with E-state index in [-0.39, 0.29) is 29.6 Å². The zero-order valence-electron chi connectivity index (χ0n) is 10.4. The molecule has 104 valence electrons. The van der Waals surface area contributed by atoms with E-state index in [1.807, 2.05) is 0 Å². The average molecular weight is 276 g/mol. The summed E-state index contributed by atoms with van der Waals surface area (Å²) in [6.45, 7) is 0. The van der Waals surface area contributed by atoms with Crippen LogP contribution in [0.1, 0.15) is 44.9 Å². The van der Waals surface area contributed by atoms with E-state index in [0.717, 1.165) is 25.7 Å². The van der Waals surface area contributed by atoms with Gasteiger partial charge in [0.25, 0.3) is 0 Å². The highest BCUT2D eigenvalue weighted by molar-refractivity contribution is 7.91. The molecule has 1 heterocycles. The molecular weight excluding hydrogens is 256 g/mol. The molecule has 0 amide bonds. The van der Waals surface area contributed by atoms with Crippen molar-refractivity contribution >= 4 is 15.8 Å². The third kappa shape index (κ3) is 3.45. The van der Waals surface area contributed by atoms with Gasteiger partial charge in [-0.15, -0.1) is 0 Å². The Bertz CT molecular complexity index is 408. The Balaban J connectivity index is 1.85. The van der Waals surface area contributed by atoms with Crippen LogP contribution in [0, 0.1) is 0 Å². The Hall–Kier alpha value is -0.620. The van der Waals surface area contributed by atoms with Crippen molar-refractivity contribution in [1.82, 2.24) is 0 Å². The SMILES string of the molecule is O=C(O)CCS(=O)(=O)CC1CCC2(CCCC2)O1. The van der Waals surface area contributed by atoms with Crippen LogP contribution in [0.5, 0.6) is 0 Å². The van der Waals surface area contributed by atoms with Gasteiger partial charge < -0.3 is 9.84 Å². The molecule has 0 aromatic rings. The number of hydrogen-bond donors (Lipinski definition) is 1. The summed E-state index contributed by atoms with van der Waals surface area (Å²) in [5.74, 6) is -1.38. The zero-order valence-corrected chi connectivity index (χ0v) is 11.2. The third-order valence-corrected chi connectivity index (χ3v) is 5.63. The maximum atomic E-state index is 11.8. The molecule has 0 radical (unpaired) electrons. The van der Waals surface area contributed by atoms with Crippen molar-refractivity contribution in [1.29, 1.82) is 0 Å². The van der Waals surface area contributed by atoms with Crippen LogP contribution < -0.4 is 0 Å². The summed E-state index contributed by atoms with van der Waals surface area (Å²) in [4.78, 5) is 10.4. The van der Waals surface area contributed by atoms with Gasteiger partial charge in [-0.1, -0.05) is 12.8 Å². The number of rotatable bonds is 5. The van der Waals surface area contributed by atoms with E-state index in [4.69, 9.17) is 9.84 Å². The summed E-state index contributed by atoms with van der Waals surface area (Å²) in [7, 11) is -3.31. The van der Waals surface area contributed by atoms with E-state index in [1.54, 1.807) is 0 Å². The number of carboxylic acids is 1. The lowest BCUT2D eigenvalue weighted by molar-refractivity contribution is -0.136. The molecule has 0 aromatic carbocycles. The molecule has 1 unspecified atom stereocenters. The first-order chi connectivity index (χ1) is 8.41. The Kier molecular flexibility index (Phi) is 3.96. The standard InChI is InChI=1S/C12H20O5S/c13-11(14)4-8-18(15,16)9-10-3-7-12(17-10)5-1-2-6-12/h10H,1-9H2,(H,13,14). The van der Waals surface area contributed by atoms with Gasteiger partial charge in [-0.2, -0.15) is 0 Å². The van der Waals surface area contributed by atoms with Gasteiger partial charge in [0.1, 0.15) is 0 Å². The fourth-order valence-corrected chi connectivity index (χ4v) is 4.46. The lowest BCUT2D eigenvalue weighted by atomic mass is 9.98. The van der Waals surface area contributed by atoms with Gasteiger partial charge in [-0.25, -0.2) is 8.42 Å². The van der Waals surface area contributed by atoms with Crippen LogP contribution in [0.4, 0.5) is 0 Å². The van der Waals surface area contributed by atoms with E-state index in [1.165, 1.54) is 12.8 Å². The van der Waals surface area contributed by atoms with Crippen LogP contribution in [0.2, 0.25) is 0 Å². The van der Waals surface area contributed by atoms with Crippen molar-refractivity contribution in [3.8, 4) is 0 Å². The number of sulfone groups is 1. The molecular formula is C12H20O5S. The number of hydrogen-bond acceptors (Lipinski definition) is 4. The summed E-state index contributed by atoms with van der Waals surface area (Å²) in [6, 6.07) is 0. The van der Waals surface area contributed by atoms with Crippen LogP contribution in [0.25, 0.3) is 0 Å². The Morgan fingerprint density at radius 1 is 1.28 bits per heavy atom. The van der Waals surface area contributed by atoms with Crippen LogP contribution in [0.15, 0.2) is 0 Å². The van der Waals surface area contributed by atoms with Crippen molar-refractivity contribution in [2.75, 3.05) is 11.5 Å². The molecule has 1 aliphatic carbocycles. The van der Waals surface area contributed by atoms with Crippen molar-refractivity contribution in [2.45, 2.75) is 56.7 Å². The largest absolute Gasteiger partial charge is 0.481 e. The van der Waals surface area contributed by atoms with Crippen LogP contribution in [-0.4, -0.2) is 42.7 Å². The molecule has 0 bridgehead atoms. The Morgan fingerprint density at radius 2 is 1.94 bits per heavy atom. The molecule has 5 nitrogen and oxygen atoms in total. The van der Waals surface area contributed by atoms with Crippen LogP contribution in [0.3, 0.4) is 0 Å².